The van der Waals surface area contributed by atoms with Crippen LogP contribution < -0.4 is 0 Å². The van der Waals surface area contributed by atoms with Gasteiger partial charge < -0.3 is 4.57 Å². The van der Waals surface area contributed by atoms with Crippen LogP contribution in [0.4, 0.5) is 0 Å². The quantitative estimate of drug-likeness (QED) is 0.817. The zero-order valence-electron chi connectivity index (χ0n) is 9.39. The second kappa shape index (κ2) is 5.11. The highest BCUT2D eigenvalue weighted by Gasteiger charge is 2.11. The molecular weight excluding hydrogens is 280 g/mol. The van der Waals surface area contributed by atoms with Crippen LogP contribution in [0.5, 0.6) is 0 Å². The highest BCUT2D eigenvalue weighted by Crippen LogP contribution is 2.19. The number of nitriles is 1. The first-order valence-electron chi connectivity index (χ1n) is 5.28. The second-order valence-electron chi connectivity index (χ2n) is 3.51. The van der Waals surface area contributed by atoms with Crippen LogP contribution in [0.15, 0.2) is 24.3 Å². The van der Waals surface area contributed by atoms with Gasteiger partial charge in [0.2, 0.25) is 0 Å². The van der Waals surface area contributed by atoms with Gasteiger partial charge in [-0.15, -0.1) is 10.2 Å². The Labute approximate surface area is 108 Å². The number of benzene rings is 1. The number of rotatable bonds is 3. The van der Waals surface area contributed by atoms with E-state index in [-0.39, 0.29) is 0 Å². The van der Waals surface area contributed by atoms with E-state index >= 15 is 0 Å². The summed E-state index contributed by atoms with van der Waals surface area (Å²) < 4.78 is 2.05. The van der Waals surface area contributed by atoms with E-state index in [1.807, 2.05) is 12.1 Å². The van der Waals surface area contributed by atoms with E-state index in [1.54, 1.807) is 12.1 Å². The highest BCUT2D eigenvalue weighted by molar-refractivity contribution is 9.08. The number of alkyl halides is 1. The van der Waals surface area contributed by atoms with Gasteiger partial charge in [-0.2, -0.15) is 5.26 Å². The van der Waals surface area contributed by atoms with Crippen LogP contribution in [0, 0.1) is 11.3 Å². The maximum absolute atomic E-state index is 8.75. The molecule has 0 aliphatic carbocycles. The Bertz CT molecular complexity index is 551. The average molecular weight is 291 g/mol. The number of hydrogen-bond acceptors (Lipinski definition) is 3. The van der Waals surface area contributed by atoms with Crippen molar-refractivity contribution in [3.63, 3.8) is 0 Å². The van der Waals surface area contributed by atoms with Gasteiger partial charge in [0.15, 0.2) is 5.82 Å². The molecule has 1 heterocycles. The monoisotopic (exact) mass is 290 g/mol. The van der Waals surface area contributed by atoms with Crippen LogP contribution in [-0.4, -0.2) is 14.8 Å². The SMILES string of the molecule is CCn1c(CBr)nnc1-c1ccc(C#N)cc1. The lowest BCUT2D eigenvalue weighted by atomic mass is 10.1. The summed E-state index contributed by atoms with van der Waals surface area (Å²) in [5, 5.41) is 17.7. The van der Waals surface area contributed by atoms with Crippen LogP contribution in [0.25, 0.3) is 11.4 Å². The smallest absolute Gasteiger partial charge is 0.163 e. The molecule has 2 rings (SSSR count). The predicted molar refractivity (Wildman–Crippen MR) is 68.5 cm³/mol. The van der Waals surface area contributed by atoms with E-state index in [0.717, 1.165) is 23.8 Å². The first-order chi connectivity index (χ1) is 8.30. The van der Waals surface area contributed by atoms with Gasteiger partial charge in [0.1, 0.15) is 5.82 Å². The van der Waals surface area contributed by atoms with Crippen molar-refractivity contribution >= 4 is 15.9 Å². The van der Waals surface area contributed by atoms with Crippen LogP contribution >= 0.6 is 15.9 Å². The topological polar surface area (TPSA) is 54.5 Å². The maximum atomic E-state index is 8.75. The lowest BCUT2D eigenvalue weighted by molar-refractivity contribution is 0.733. The van der Waals surface area contributed by atoms with Crippen LogP contribution in [0.1, 0.15) is 18.3 Å². The van der Waals surface area contributed by atoms with E-state index in [2.05, 4.69) is 43.7 Å². The maximum Gasteiger partial charge on any atom is 0.163 e. The molecule has 2 aromatic rings. The number of aromatic nitrogens is 3. The van der Waals surface area contributed by atoms with Gasteiger partial charge in [-0.3, -0.25) is 0 Å². The molecule has 5 heteroatoms. The third-order valence-corrected chi connectivity index (χ3v) is 3.04. The van der Waals surface area contributed by atoms with E-state index in [1.165, 1.54) is 0 Å². The summed E-state index contributed by atoms with van der Waals surface area (Å²) in [6.07, 6.45) is 0. The van der Waals surface area contributed by atoms with Crippen molar-refractivity contribution in [1.29, 1.82) is 5.26 Å². The third kappa shape index (κ3) is 2.22. The molecule has 4 nitrogen and oxygen atoms in total. The number of halogens is 1. The standard InChI is InChI=1S/C12H11BrN4/c1-2-17-11(7-13)15-16-12(17)10-5-3-9(8-14)4-6-10/h3-6H,2,7H2,1H3. The molecule has 0 N–H and O–H groups in total. The third-order valence-electron chi connectivity index (χ3n) is 2.54. The zero-order chi connectivity index (χ0) is 12.3. The molecule has 0 saturated heterocycles. The number of hydrogen-bond donors (Lipinski definition) is 0. The molecule has 0 amide bonds. The van der Waals surface area contributed by atoms with E-state index < -0.39 is 0 Å². The van der Waals surface area contributed by atoms with E-state index in [0.29, 0.717) is 10.9 Å². The summed E-state index contributed by atoms with van der Waals surface area (Å²) in [6, 6.07) is 9.47. The average Bonchev–Trinajstić information content (AvgIpc) is 2.81. The fourth-order valence-electron chi connectivity index (χ4n) is 1.67. The first kappa shape index (κ1) is 11.8. The summed E-state index contributed by atoms with van der Waals surface area (Å²) >= 11 is 3.39. The molecule has 0 unspecified atom stereocenters. The Hall–Kier alpha value is -1.67. The second-order valence-corrected chi connectivity index (χ2v) is 4.07. The predicted octanol–water partition coefficient (Wildman–Crippen LogP) is 2.73. The fraction of sp³-hybridized carbons (Fsp3) is 0.250. The summed E-state index contributed by atoms with van der Waals surface area (Å²) in [5.74, 6) is 1.75. The van der Waals surface area contributed by atoms with Crippen LogP contribution in [0.2, 0.25) is 0 Å². The zero-order valence-corrected chi connectivity index (χ0v) is 11.0. The van der Waals surface area contributed by atoms with Gasteiger partial charge in [0, 0.05) is 12.1 Å². The lowest BCUT2D eigenvalue weighted by Gasteiger charge is -2.05. The summed E-state index contributed by atoms with van der Waals surface area (Å²) in [7, 11) is 0. The largest absolute Gasteiger partial charge is 0.311 e. The minimum absolute atomic E-state index is 0.650. The normalized spacial score (nSPS) is 10.2. The van der Waals surface area contributed by atoms with Gasteiger partial charge in [-0.25, -0.2) is 0 Å². The Morgan fingerprint density at radius 2 is 2.00 bits per heavy atom. The molecule has 0 atom stereocenters. The van der Waals surface area contributed by atoms with E-state index in [4.69, 9.17) is 5.26 Å². The van der Waals surface area contributed by atoms with Crippen molar-refractivity contribution in [1.82, 2.24) is 14.8 Å². The van der Waals surface area contributed by atoms with Gasteiger partial charge in [0.05, 0.1) is 17.0 Å². The molecule has 0 bridgehead atoms. The molecule has 0 aliphatic rings. The summed E-state index contributed by atoms with van der Waals surface area (Å²) in [5.41, 5.74) is 1.63. The Balaban J connectivity index is 2.45. The molecule has 0 fully saturated rings. The minimum Gasteiger partial charge on any atom is -0.311 e. The van der Waals surface area contributed by atoms with Crippen LogP contribution in [0.3, 0.4) is 0 Å². The van der Waals surface area contributed by atoms with Gasteiger partial charge in [-0.05, 0) is 31.2 Å². The number of nitrogens with zero attached hydrogens (tertiary/aromatic N) is 4. The summed E-state index contributed by atoms with van der Waals surface area (Å²) in [6.45, 7) is 2.88. The van der Waals surface area contributed by atoms with Gasteiger partial charge >= 0.3 is 0 Å². The minimum atomic E-state index is 0.650. The first-order valence-corrected chi connectivity index (χ1v) is 6.41. The molecule has 1 aromatic carbocycles. The molecule has 0 aliphatic heterocycles. The Morgan fingerprint density at radius 1 is 1.29 bits per heavy atom. The Morgan fingerprint density at radius 3 is 2.53 bits per heavy atom. The molecule has 17 heavy (non-hydrogen) atoms. The fourth-order valence-corrected chi connectivity index (χ4v) is 2.09. The molecule has 1 aromatic heterocycles. The molecule has 86 valence electrons. The van der Waals surface area contributed by atoms with E-state index in [9.17, 15) is 0 Å². The summed E-state index contributed by atoms with van der Waals surface area (Å²) in [4.78, 5) is 0. The van der Waals surface area contributed by atoms with Crippen molar-refractivity contribution in [2.45, 2.75) is 18.8 Å². The van der Waals surface area contributed by atoms with Crippen molar-refractivity contribution < 1.29 is 0 Å². The van der Waals surface area contributed by atoms with Crippen molar-refractivity contribution in [2.24, 2.45) is 0 Å². The van der Waals surface area contributed by atoms with Crippen molar-refractivity contribution in [3.8, 4) is 17.5 Å². The Kier molecular flexibility index (Phi) is 3.55. The van der Waals surface area contributed by atoms with Gasteiger partial charge in [0.25, 0.3) is 0 Å². The molecule has 0 saturated carbocycles. The van der Waals surface area contributed by atoms with Gasteiger partial charge in [-0.1, -0.05) is 15.9 Å². The van der Waals surface area contributed by atoms with Crippen molar-refractivity contribution in [2.75, 3.05) is 0 Å². The molecule has 0 radical (unpaired) electrons. The van der Waals surface area contributed by atoms with Crippen LogP contribution in [-0.2, 0) is 11.9 Å². The van der Waals surface area contributed by atoms with Crippen molar-refractivity contribution in [3.05, 3.63) is 35.7 Å². The molecule has 0 spiro atoms. The molecular formula is C12H11BrN4. The lowest BCUT2D eigenvalue weighted by Crippen LogP contribution is -2.01. The highest BCUT2D eigenvalue weighted by atomic mass is 79.9.